The number of rotatable bonds is 1. The number of hydrogen-bond acceptors (Lipinski definition) is 1. The lowest BCUT2D eigenvalue weighted by atomic mass is 10.2. The van der Waals surface area contributed by atoms with Crippen molar-refractivity contribution >= 4 is 37.6 Å². The molecule has 0 amide bonds. The van der Waals surface area contributed by atoms with Gasteiger partial charge in [0.2, 0.25) is 0 Å². The average Bonchev–Trinajstić information content (AvgIpc) is 2.49. The lowest BCUT2D eigenvalue weighted by molar-refractivity contribution is 0.687. The van der Waals surface area contributed by atoms with Crippen LogP contribution in [0.4, 0.5) is 0 Å². The second kappa shape index (κ2) is 3.27. The molecule has 1 heterocycles. The van der Waals surface area contributed by atoms with Gasteiger partial charge in [0.1, 0.15) is 0 Å². The molecule has 1 N–H and O–H groups in total. The Morgan fingerprint density at radius 3 is 2.92 bits per heavy atom. The summed E-state index contributed by atoms with van der Waals surface area (Å²) in [6.07, 6.45) is 3.48. The quantitative estimate of drug-likeness (QED) is 0.838. The topological polar surface area (TPSA) is 32.9 Å². The third-order valence-electron chi connectivity index (χ3n) is 1.93. The first-order valence-electron chi connectivity index (χ1n) is 3.79. The molecule has 0 radical (unpaired) electrons. The Morgan fingerprint density at radius 1 is 1.46 bits per heavy atom. The zero-order valence-corrected chi connectivity index (χ0v) is 9.41. The summed E-state index contributed by atoms with van der Waals surface area (Å²) in [5.41, 5.74) is 1.01. The standard InChI is InChI=1S/C9H8BrNOS/c1-13(12)8-5-11-7-4-2-3-6(10)9(7)8/h2-5,11H,1H3. The lowest BCUT2D eigenvalue weighted by Crippen LogP contribution is -1.84. The third-order valence-corrected chi connectivity index (χ3v) is 3.53. The molecule has 0 bridgehead atoms. The van der Waals surface area contributed by atoms with Gasteiger partial charge in [0.25, 0.3) is 0 Å². The van der Waals surface area contributed by atoms with Crippen LogP contribution in [0.25, 0.3) is 10.9 Å². The average molecular weight is 258 g/mol. The van der Waals surface area contributed by atoms with Crippen LogP contribution < -0.4 is 0 Å². The third kappa shape index (κ3) is 1.44. The van der Waals surface area contributed by atoms with E-state index in [0.717, 1.165) is 20.3 Å². The molecule has 0 aliphatic carbocycles. The number of aromatic amines is 1. The predicted molar refractivity (Wildman–Crippen MR) is 58.3 cm³/mol. The highest BCUT2D eigenvalue weighted by Crippen LogP contribution is 2.28. The highest BCUT2D eigenvalue weighted by molar-refractivity contribution is 9.10. The Balaban J connectivity index is 2.86. The van der Waals surface area contributed by atoms with Crippen molar-refractivity contribution in [2.24, 2.45) is 0 Å². The molecule has 1 unspecified atom stereocenters. The Morgan fingerprint density at radius 2 is 2.23 bits per heavy atom. The number of fused-ring (bicyclic) bond motifs is 1. The molecule has 1 aromatic heterocycles. The van der Waals surface area contributed by atoms with Gasteiger partial charge in [-0.15, -0.1) is 0 Å². The molecule has 68 valence electrons. The molecular weight excluding hydrogens is 250 g/mol. The Labute approximate surface area is 86.9 Å². The van der Waals surface area contributed by atoms with Crippen LogP contribution in [0.2, 0.25) is 0 Å². The second-order valence-electron chi connectivity index (χ2n) is 2.77. The molecule has 0 fully saturated rings. The minimum absolute atomic E-state index is 0.850. The largest absolute Gasteiger partial charge is 0.360 e. The van der Waals surface area contributed by atoms with Crippen LogP contribution in [0.5, 0.6) is 0 Å². The predicted octanol–water partition coefficient (Wildman–Crippen LogP) is 2.67. The first-order valence-corrected chi connectivity index (χ1v) is 6.14. The van der Waals surface area contributed by atoms with E-state index >= 15 is 0 Å². The van der Waals surface area contributed by atoms with Crippen molar-refractivity contribution in [3.63, 3.8) is 0 Å². The van der Waals surface area contributed by atoms with Gasteiger partial charge in [-0.05, 0) is 12.1 Å². The second-order valence-corrected chi connectivity index (χ2v) is 4.97. The number of nitrogens with one attached hydrogen (secondary N) is 1. The Bertz CT molecular complexity index is 477. The summed E-state index contributed by atoms with van der Waals surface area (Å²) >= 11 is 3.44. The van der Waals surface area contributed by atoms with Gasteiger partial charge in [0, 0.05) is 27.8 Å². The van der Waals surface area contributed by atoms with Gasteiger partial charge < -0.3 is 4.98 Å². The Kier molecular flexibility index (Phi) is 2.26. The number of halogens is 1. The van der Waals surface area contributed by atoms with E-state index in [1.807, 2.05) is 18.2 Å². The molecule has 0 saturated heterocycles. The van der Waals surface area contributed by atoms with Gasteiger partial charge in [0.05, 0.1) is 15.7 Å². The monoisotopic (exact) mass is 257 g/mol. The maximum absolute atomic E-state index is 11.3. The van der Waals surface area contributed by atoms with E-state index in [2.05, 4.69) is 20.9 Å². The van der Waals surface area contributed by atoms with Crippen molar-refractivity contribution < 1.29 is 4.21 Å². The molecule has 13 heavy (non-hydrogen) atoms. The lowest BCUT2D eigenvalue weighted by Gasteiger charge is -1.96. The molecule has 0 saturated carbocycles. The van der Waals surface area contributed by atoms with Crippen LogP contribution >= 0.6 is 15.9 Å². The molecule has 4 heteroatoms. The van der Waals surface area contributed by atoms with Gasteiger partial charge in [-0.2, -0.15) is 0 Å². The van der Waals surface area contributed by atoms with Crippen LogP contribution in [-0.4, -0.2) is 15.4 Å². The normalized spacial score (nSPS) is 13.4. The van der Waals surface area contributed by atoms with Gasteiger partial charge in [-0.3, -0.25) is 4.21 Å². The molecule has 1 atom stereocenters. The van der Waals surface area contributed by atoms with Crippen molar-refractivity contribution in [2.45, 2.75) is 4.90 Å². The minimum Gasteiger partial charge on any atom is -0.360 e. The van der Waals surface area contributed by atoms with Crippen molar-refractivity contribution in [3.05, 3.63) is 28.9 Å². The summed E-state index contributed by atoms with van der Waals surface area (Å²) < 4.78 is 12.3. The van der Waals surface area contributed by atoms with Gasteiger partial charge in [-0.25, -0.2) is 0 Å². The van der Waals surface area contributed by atoms with Crippen molar-refractivity contribution in [3.8, 4) is 0 Å². The Hall–Kier alpha value is -0.610. The molecule has 2 rings (SSSR count). The van der Waals surface area contributed by atoms with E-state index in [-0.39, 0.29) is 0 Å². The first-order chi connectivity index (χ1) is 6.20. The van der Waals surface area contributed by atoms with E-state index in [1.54, 1.807) is 12.5 Å². The van der Waals surface area contributed by atoms with Crippen LogP contribution in [0, 0.1) is 0 Å². The van der Waals surface area contributed by atoms with E-state index in [1.165, 1.54) is 0 Å². The fourth-order valence-corrected chi connectivity index (χ4v) is 2.78. The van der Waals surface area contributed by atoms with Crippen LogP contribution in [0.1, 0.15) is 0 Å². The molecule has 2 nitrogen and oxygen atoms in total. The van der Waals surface area contributed by atoms with Crippen LogP contribution in [0.15, 0.2) is 33.8 Å². The first kappa shape index (κ1) is 8.97. The van der Waals surface area contributed by atoms with Gasteiger partial charge in [0.15, 0.2) is 0 Å². The van der Waals surface area contributed by atoms with Crippen molar-refractivity contribution in [1.29, 1.82) is 0 Å². The number of benzene rings is 1. The number of H-pyrrole nitrogens is 1. The molecule has 0 spiro atoms. The van der Waals surface area contributed by atoms with Gasteiger partial charge in [-0.1, -0.05) is 22.0 Å². The summed E-state index contributed by atoms with van der Waals surface area (Å²) in [6, 6.07) is 5.87. The van der Waals surface area contributed by atoms with Crippen molar-refractivity contribution in [2.75, 3.05) is 6.26 Å². The molecule has 0 aliphatic heterocycles. The smallest absolute Gasteiger partial charge is 0.0649 e. The fourth-order valence-electron chi connectivity index (χ4n) is 1.34. The van der Waals surface area contributed by atoms with E-state index < -0.39 is 10.8 Å². The summed E-state index contributed by atoms with van der Waals surface area (Å²) in [5, 5.41) is 1.02. The summed E-state index contributed by atoms with van der Waals surface area (Å²) in [4.78, 5) is 3.94. The highest BCUT2D eigenvalue weighted by Gasteiger charge is 2.08. The summed E-state index contributed by atoms with van der Waals surface area (Å²) in [6.45, 7) is 0. The molecular formula is C9H8BrNOS. The fraction of sp³-hybridized carbons (Fsp3) is 0.111. The zero-order chi connectivity index (χ0) is 9.42. The maximum Gasteiger partial charge on any atom is 0.0649 e. The van der Waals surface area contributed by atoms with Crippen LogP contribution in [-0.2, 0) is 10.8 Å². The van der Waals surface area contributed by atoms with Crippen LogP contribution in [0.3, 0.4) is 0 Å². The number of hydrogen-bond donors (Lipinski definition) is 1. The highest BCUT2D eigenvalue weighted by atomic mass is 79.9. The zero-order valence-electron chi connectivity index (χ0n) is 7.00. The summed E-state index contributed by atoms with van der Waals surface area (Å²) in [5.74, 6) is 0. The minimum atomic E-state index is -0.944. The maximum atomic E-state index is 11.3. The number of aromatic nitrogens is 1. The van der Waals surface area contributed by atoms with Crippen molar-refractivity contribution in [1.82, 2.24) is 4.98 Å². The summed E-state index contributed by atoms with van der Waals surface area (Å²) in [7, 11) is -0.944. The SMILES string of the molecule is CS(=O)c1c[nH]c2cccc(Br)c12. The van der Waals surface area contributed by atoms with E-state index in [4.69, 9.17) is 0 Å². The molecule has 2 aromatic rings. The van der Waals surface area contributed by atoms with E-state index in [9.17, 15) is 4.21 Å². The molecule has 1 aromatic carbocycles. The van der Waals surface area contributed by atoms with Gasteiger partial charge >= 0.3 is 0 Å². The molecule has 0 aliphatic rings. The van der Waals surface area contributed by atoms with E-state index in [0.29, 0.717) is 0 Å².